The van der Waals surface area contributed by atoms with Crippen molar-refractivity contribution in [2.45, 2.75) is 81.9 Å². The highest BCUT2D eigenvalue weighted by atomic mass is 32.1. The van der Waals surface area contributed by atoms with Gasteiger partial charge in [0.2, 0.25) is 5.60 Å². The van der Waals surface area contributed by atoms with Crippen LogP contribution < -0.4 is 4.74 Å². The summed E-state index contributed by atoms with van der Waals surface area (Å²) in [7, 11) is 0. The molecule has 1 N–H and O–H groups in total. The maximum absolute atomic E-state index is 15.1. The predicted octanol–water partition coefficient (Wildman–Crippen LogP) is 7.53. The summed E-state index contributed by atoms with van der Waals surface area (Å²) < 4.78 is 103. The molecule has 1 saturated heterocycles. The van der Waals surface area contributed by atoms with Gasteiger partial charge in [0, 0.05) is 43.6 Å². The lowest BCUT2D eigenvalue weighted by molar-refractivity contribution is -0.163. The fourth-order valence-electron chi connectivity index (χ4n) is 6.81. The molecular weight excluding hydrogens is 683 g/mol. The highest BCUT2D eigenvalue weighted by Crippen LogP contribution is 2.45. The van der Waals surface area contributed by atoms with Gasteiger partial charge >= 0.3 is 18.3 Å². The average Bonchev–Trinajstić information content (AvgIpc) is 3.52. The molecule has 2 aliphatic heterocycles. The summed E-state index contributed by atoms with van der Waals surface area (Å²) in [6.07, 6.45) is -8.77. The van der Waals surface area contributed by atoms with Gasteiger partial charge in [-0.3, -0.25) is 19.4 Å². The van der Waals surface area contributed by atoms with Crippen LogP contribution in [0.15, 0.2) is 48.0 Å². The number of carboxylic acids is 1. The molecule has 8 nitrogen and oxygen atoms in total. The molecule has 16 heteroatoms. The van der Waals surface area contributed by atoms with Crippen LogP contribution in [0.4, 0.5) is 30.7 Å². The number of hydrogen-bond donors (Lipinski definition) is 1. The number of aromatic nitrogens is 1. The Morgan fingerprint density at radius 1 is 1.04 bits per heavy atom. The zero-order chi connectivity index (χ0) is 35.7. The monoisotopic (exact) mass is 715 g/mol. The van der Waals surface area contributed by atoms with E-state index in [1.165, 1.54) is 23.1 Å². The van der Waals surface area contributed by atoms with Crippen molar-refractivity contribution < 1.29 is 55.0 Å². The molecule has 0 radical (unpaired) electrons. The van der Waals surface area contributed by atoms with E-state index in [4.69, 9.17) is 4.74 Å². The number of pyridine rings is 1. The molecule has 1 aromatic carbocycles. The first kappa shape index (κ1) is 36.1. The number of fused-ring (bicyclic) bond motifs is 1. The normalized spacial score (nSPS) is 21.3. The van der Waals surface area contributed by atoms with Gasteiger partial charge in [-0.15, -0.1) is 11.3 Å². The Morgan fingerprint density at radius 3 is 2.45 bits per heavy atom. The summed E-state index contributed by atoms with van der Waals surface area (Å²) in [5.41, 5.74) is -3.27. The Bertz CT molecular complexity index is 1710. The molecule has 0 unspecified atom stereocenters. The number of hydrogen-bond acceptors (Lipinski definition) is 6. The first-order valence-corrected chi connectivity index (χ1v) is 16.4. The minimum Gasteiger partial charge on any atom is -0.481 e. The topological polar surface area (TPSA) is 100 Å². The van der Waals surface area contributed by atoms with Crippen molar-refractivity contribution in [1.82, 2.24) is 14.8 Å². The van der Waals surface area contributed by atoms with Crippen molar-refractivity contribution in [2.24, 2.45) is 0 Å². The van der Waals surface area contributed by atoms with Crippen molar-refractivity contribution in [2.75, 3.05) is 13.1 Å². The molecule has 1 fully saturated rings. The number of thiophene rings is 1. The molecule has 5 rings (SSSR count). The van der Waals surface area contributed by atoms with Gasteiger partial charge in [0.05, 0.1) is 17.6 Å². The van der Waals surface area contributed by atoms with E-state index in [1.807, 2.05) is 0 Å². The lowest BCUT2D eigenvalue weighted by Gasteiger charge is -2.51. The van der Waals surface area contributed by atoms with Crippen molar-refractivity contribution in [3.8, 4) is 5.75 Å². The van der Waals surface area contributed by atoms with Gasteiger partial charge in [0.15, 0.2) is 0 Å². The zero-order valence-electron chi connectivity index (χ0n) is 26.1. The first-order chi connectivity index (χ1) is 23.1. The Morgan fingerprint density at radius 2 is 1.80 bits per heavy atom. The second-order valence-corrected chi connectivity index (χ2v) is 12.9. The molecule has 0 bridgehead atoms. The van der Waals surface area contributed by atoms with E-state index in [0.29, 0.717) is 35.0 Å². The van der Waals surface area contributed by atoms with Crippen LogP contribution in [-0.2, 0) is 28.4 Å². The van der Waals surface area contributed by atoms with Crippen molar-refractivity contribution in [1.29, 1.82) is 0 Å². The summed E-state index contributed by atoms with van der Waals surface area (Å²) in [6.45, 7) is 1.56. The molecule has 0 saturated carbocycles. The molecule has 0 spiro atoms. The Kier molecular flexibility index (Phi) is 10.3. The van der Waals surface area contributed by atoms with E-state index in [1.54, 1.807) is 6.92 Å². The third-order valence-corrected chi connectivity index (χ3v) is 9.83. The van der Waals surface area contributed by atoms with Crippen LogP contribution in [0, 0.1) is 5.82 Å². The molecule has 264 valence electrons. The zero-order valence-corrected chi connectivity index (χ0v) is 26.9. The lowest BCUT2D eigenvalue weighted by Crippen LogP contribution is -2.68. The predicted molar refractivity (Wildman–Crippen MR) is 162 cm³/mol. The van der Waals surface area contributed by atoms with E-state index in [9.17, 15) is 45.4 Å². The van der Waals surface area contributed by atoms with Gasteiger partial charge in [-0.05, 0) is 61.1 Å². The summed E-state index contributed by atoms with van der Waals surface area (Å²) in [6, 6.07) is 4.18. The summed E-state index contributed by atoms with van der Waals surface area (Å²) in [5.74, 6) is -3.93. The second-order valence-electron chi connectivity index (χ2n) is 12.0. The number of rotatable bonds is 9. The largest absolute Gasteiger partial charge is 0.481 e. The van der Waals surface area contributed by atoms with Crippen molar-refractivity contribution in [3.63, 3.8) is 0 Å². The van der Waals surface area contributed by atoms with Crippen LogP contribution in [-0.4, -0.2) is 62.4 Å². The van der Waals surface area contributed by atoms with E-state index < -0.39 is 69.8 Å². The number of carbonyl (C=O) groups is 3. The maximum atomic E-state index is 15.1. The summed E-state index contributed by atoms with van der Waals surface area (Å²) >= 11 is 0.327. The number of benzene rings is 1. The van der Waals surface area contributed by atoms with Crippen LogP contribution >= 0.6 is 11.3 Å². The van der Waals surface area contributed by atoms with Crippen LogP contribution in [0.2, 0.25) is 0 Å². The third kappa shape index (κ3) is 7.38. The number of aliphatic carboxylic acids is 1. The molecule has 3 atom stereocenters. The number of halogens is 7. The summed E-state index contributed by atoms with van der Waals surface area (Å²) in [5, 5.41) is 10.6. The standard InChI is InChI=1S/C33H32F7N3O5S/c1-2-5-25-31(48-21-17-26(49-18-21)33(38,39)40,12-4-14-43(25)29(46)28-23(32(35,36)37)6-3-13-41-28)30(47)42-15-11-19-16-20(34)7-8-22(19)24(42)9-10-27(44)45/h3,6-8,13,16-18,24-25H,2,4-5,9-12,14-15H2,1H3,(H,44,45)/t24-,25-,31+/m1/s1. The Hall–Kier alpha value is -4.21. The molecule has 2 aliphatic rings. The minimum absolute atomic E-state index is 0.0113. The van der Waals surface area contributed by atoms with Gasteiger partial charge in [-0.25, -0.2) is 4.39 Å². The van der Waals surface area contributed by atoms with Crippen LogP contribution in [0.1, 0.15) is 83.5 Å². The minimum atomic E-state index is -4.94. The second kappa shape index (κ2) is 14.0. The van der Waals surface area contributed by atoms with Gasteiger partial charge in [-0.2, -0.15) is 26.3 Å². The molecule has 3 aromatic rings. The number of nitrogens with zero attached hydrogens (tertiary/aromatic N) is 3. The Labute approximate surface area is 280 Å². The molecule has 2 amide bonds. The van der Waals surface area contributed by atoms with Crippen LogP contribution in [0.5, 0.6) is 5.75 Å². The number of carbonyl (C=O) groups excluding carboxylic acids is 2. The highest BCUT2D eigenvalue weighted by Gasteiger charge is 2.57. The highest BCUT2D eigenvalue weighted by molar-refractivity contribution is 7.10. The van der Waals surface area contributed by atoms with E-state index in [2.05, 4.69) is 4.98 Å². The molecule has 4 heterocycles. The maximum Gasteiger partial charge on any atom is 0.425 e. The number of ether oxygens (including phenoxy) is 1. The average molecular weight is 716 g/mol. The fraction of sp³-hybridized carbons (Fsp3) is 0.455. The van der Waals surface area contributed by atoms with Crippen LogP contribution in [0.25, 0.3) is 0 Å². The molecule has 2 aromatic heterocycles. The Balaban J connectivity index is 1.65. The third-order valence-electron chi connectivity index (χ3n) is 8.87. The summed E-state index contributed by atoms with van der Waals surface area (Å²) in [4.78, 5) is 45.9. The number of alkyl halides is 6. The molecule has 49 heavy (non-hydrogen) atoms. The number of carboxylic acid groups (broad SMARTS) is 1. The van der Waals surface area contributed by atoms with Crippen molar-refractivity contribution >= 4 is 29.1 Å². The smallest absolute Gasteiger partial charge is 0.425 e. The van der Waals surface area contributed by atoms with Crippen molar-refractivity contribution in [3.05, 3.63) is 81.1 Å². The molecular formula is C33H32F7N3O5S. The quantitative estimate of drug-likeness (QED) is 0.230. The van der Waals surface area contributed by atoms with E-state index >= 15 is 4.79 Å². The van der Waals surface area contributed by atoms with Gasteiger partial charge < -0.3 is 19.6 Å². The number of piperidine rings is 1. The fourth-order valence-corrected chi connectivity index (χ4v) is 7.49. The number of amides is 2. The lowest BCUT2D eigenvalue weighted by atomic mass is 9.78. The molecule has 0 aliphatic carbocycles. The van der Waals surface area contributed by atoms with Gasteiger partial charge in [0.25, 0.3) is 11.8 Å². The van der Waals surface area contributed by atoms with Crippen LogP contribution in [0.3, 0.4) is 0 Å². The van der Waals surface area contributed by atoms with Gasteiger partial charge in [-0.1, -0.05) is 19.4 Å². The van der Waals surface area contributed by atoms with E-state index in [-0.39, 0.29) is 57.4 Å². The number of likely N-dealkylation sites (tertiary alicyclic amines) is 1. The van der Waals surface area contributed by atoms with Gasteiger partial charge in [0.1, 0.15) is 22.1 Å². The SMILES string of the molecule is CCC[C@H]1N(C(=O)c2ncccc2C(F)(F)F)CCC[C@@]1(Oc1csc(C(F)(F)F)c1)C(=O)N1CCc2cc(F)ccc2[C@H]1CCC(=O)O. The first-order valence-electron chi connectivity index (χ1n) is 15.6. The van der Waals surface area contributed by atoms with E-state index in [0.717, 1.165) is 28.6 Å².